The van der Waals surface area contributed by atoms with Gasteiger partial charge in [-0.3, -0.25) is 19.3 Å². The van der Waals surface area contributed by atoms with Crippen LogP contribution in [0, 0.1) is 0 Å². The van der Waals surface area contributed by atoms with Gasteiger partial charge in [-0.15, -0.1) is 23.2 Å². The third-order valence-corrected chi connectivity index (χ3v) is 12.0. The normalized spacial score (nSPS) is 23.9. The SMILES string of the molecule is COc1ccc(C2C3=CCn4c(=O)n(CCc5nc6cc(OC)c(OC)cc6n(C)c5=O)c(=O)n4C3CC3(Cl)C(=O)N(CBr)C(=O)C23Cl)c(O)c1. The van der Waals surface area contributed by atoms with E-state index < -0.39 is 50.5 Å². The summed E-state index contributed by atoms with van der Waals surface area (Å²) in [6.07, 6.45) is 1.29. The highest BCUT2D eigenvalue weighted by molar-refractivity contribution is 9.09. The number of methoxy groups -OCH3 is 3. The van der Waals surface area contributed by atoms with Gasteiger partial charge < -0.3 is 23.9 Å². The number of hydrogen-bond donors (Lipinski definition) is 1. The van der Waals surface area contributed by atoms with E-state index in [-0.39, 0.29) is 48.4 Å². The number of allylic oxidation sites excluding steroid dienone is 2. The molecule has 2 aliphatic heterocycles. The first-order valence-electron chi connectivity index (χ1n) is 15.7. The summed E-state index contributed by atoms with van der Waals surface area (Å²) in [6.45, 7) is -0.290. The Morgan fingerprint density at radius 1 is 0.980 bits per heavy atom. The lowest BCUT2D eigenvalue weighted by atomic mass is 9.64. The summed E-state index contributed by atoms with van der Waals surface area (Å²) in [6, 6.07) is 6.69. The Morgan fingerprint density at radius 3 is 2.33 bits per heavy atom. The number of ether oxygens (including phenoxy) is 3. The molecule has 18 heteroatoms. The number of phenolic OH excluding ortho intramolecular Hbond substituents is 1. The Bertz CT molecular complexity index is 2380. The van der Waals surface area contributed by atoms with Gasteiger partial charge in [0.15, 0.2) is 21.2 Å². The number of carbonyl (C=O) groups excluding carboxylic acids is 2. The quantitative estimate of drug-likeness (QED) is 0.121. The molecule has 1 aliphatic carbocycles. The van der Waals surface area contributed by atoms with Gasteiger partial charge in [0.05, 0.1) is 50.4 Å². The molecule has 0 spiro atoms. The maximum absolute atomic E-state index is 14.2. The Balaban J connectivity index is 1.32. The van der Waals surface area contributed by atoms with Crippen LogP contribution in [-0.2, 0) is 36.1 Å². The lowest BCUT2D eigenvalue weighted by Crippen LogP contribution is -2.59. The third-order valence-electron chi connectivity index (χ3n) is 10.1. The number of halogens is 3. The van der Waals surface area contributed by atoms with E-state index in [0.29, 0.717) is 33.9 Å². The van der Waals surface area contributed by atoms with Crippen molar-refractivity contribution in [3.8, 4) is 23.0 Å². The van der Waals surface area contributed by atoms with Crippen LogP contribution in [0.2, 0.25) is 0 Å². The van der Waals surface area contributed by atoms with Crippen LogP contribution in [0.1, 0.15) is 29.6 Å². The number of aromatic hydroxyl groups is 1. The average molecular weight is 806 g/mol. The van der Waals surface area contributed by atoms with E-state index in [0.717, 1.165) is 9.47 Å². The molecular formula is C33H31BrCl2N6O9. The van der Waals surface area contributed by atoms with Gasteiger partial charge in [-0.25, -0.2) is 28.5 Å². The summed E-state index contributed by atoms with van der Waals surface area (Å²) >= 11 is 17.6. The molecule has 1 saturated heterocycles. The number of nitrogens with zero attached hydrogens (tertiary/aromatic N) is 6. The van der Waals surface area contributed by atoms with Crippen molar-refractivity contribution in [1.29, 1.82) is 0 Å². The molecule has 2 fully saturated rings. The number of phenols is 1. The van der Waals surface area contributed by atoms with Crippen molar-refractivity contribution in [1.82, 2.24) is 28.4 Å². The van der Waals surface area contributed by atoms with Gasteiger partial charge in [0.2, 0.25) is 0 Å². The highest BCUT2D eigenvalue weighted by Gasteiger charge is 2.75. The number of likely N-dealkylation sites (tertiary alicyclic amines) is 1. The summed E-state index contributed by atoms with van der Waals surface area (Å²) in [7, 11) is 5.97. The minimum atomic E-state index is -2.10. The van der Waals surface area contributed by atoms with Crippen molar-refractivity contribution in [3.05, 3.63) is 84.6 Å². The highest BCUT2D eigenvalue weighted by Crippen LogP contribution is 2.64. The molecule has 2 amide bonds. The van der Waals surface area contributed by atoms with Crippen LogP contribution in [0.3, 0.4) is 0 Å². The van der Waals surface area contributed by atoms with Crippen molar-refractivity contribution in [2.24, 2.45) is 7.05 Å². The zero-order valence-corrected chi connectivity index (χ0v) is 30.8. The lowest BCUT2D eigenvalue weighted by molar-refractivity contribution is -0.138. The largest absolute Gasteiger partial charge is 0.508 e. The van der Waals surface area contributed by atoms with Gasteiger partial charge in [0, 0.05) is 56.1 Å². The molecule has 268 valence electrons. The molecule has 1 N–H and O–H groups in total. The number of imide groups is 1. The number of amides is 2. The van der Waals surface area contributed by atoms with Crippen LogP contribution in [0.5, 0.6) is 23.0 Å². The first kappa shape index (κ1) is 34.9. The molecule has 7 rings (SSSR count). The summed E-state index contributed by atoms with van der Waals surface area (Å²) in [5.74, 6) is -1.86. The van der Waals surface area contributed by atoms with Gasteiger partial charge in [0.1, 0.15) is 17.2 Å². The molecule has 4 heterocycles. The second-order valence-electron chi connectivity index (χ2n) is 12.5. The van der Waals surface area contributed by atoms with Gasteiger partial charge in [-0.1, -0.05) is 28.1 Å². The first-order chi connectivity index (χ1) is 24.3. The minimum absolute atomic E-state index is 0.0686. The molecule has 1 saturated carbocycles. The Hall–Kier alpha value is -4.54. The van der Waals surface area contributed by atoms with Crippen molar-refractivity contribution < 1.29 is 28.9 Å². The highest BCUT2D eigenvalue weighted by atomic mass is 79.9. The van der Waals surface area contributed by atoms with Crippen LogP contribution in [0.15, 0.2) is 56.4 Å². The number of hydrogen-bond acceptors (Lipinski definition) is 10. The Morgan fingerprint density at radius 2 is 1.69 bits per heavy atom. The van der Waals surface area contributed by atoms with E-state index >= 15 is 0 Å². The smallest absolute Gasteiger partial charge is 0.347 e. The molecule has 2 aromatic heterocycles. The molecule has 0 radical (unpaired) electrons. The second-order valence-corrected chi connectivity index (χ2v) is 14.2. The van der Waals surface area contributed by atoms with E-state index in [1.807, 2.05) is 0 Å². The van der Waals surface area contributed by atoms with Crippen molar-refractivity contribution in [2.45, 2.75) is 47.6 Å². The number of rotatable bonds is 8. The minimum Gasteiger partial charge on any atom is -0.508 e. The zero-order chi connectivity index (χ0) is 36.7. The molecule has 4 aromatic rings. The number of aromatic nitrogens is 5. The first-order valence-corrected chi connectivity index (χ1v) is 17.6. The van der Waals surface area contributed by atoms with Gasteiger partial charge in [0.25, 0.3) is 17.4 Å². The monoisotopic (exact) mass is 804 g/mol. The van der Waals surface area contributed by atoms with E-state index in [1.165, 1.54) is 47.4 Å². The topological polar surface area (TPSA) is 169 Å². The third kappa shape index (κ3) is 4.75. The van der Waals surface area contributed by atoms with Crippen molar-refractivity contribution in [2.75, 3.05) is 26.8 Å². The Labute approximate surface area is 307 Å². The van der Waals surface area contributed by atoms with Crippen LogP contribution in [0.4, 0.5) is 0 Å². The number of fused-ring (bicyclic) bond motifs is 5. The van der Waals surface area contributed by atoms with Crippen molar-refractivity contribution >= 4 is 62.0 Å². The lowest BCUT2D eigenvalue weighted by Gasteiger charge is -2.49. The van der Waals surface area contributed by atoms with Crippen LogP contribution in [-0.4, -0.2) is 81.8 Å². The van der Waals surface area contributed by atoms with E-state index in [9.17, 15) is 29.1 Å². The Kier molecular flexibility index (Phi) is 8.42. The summed E-state index contributed by atoms with van der Waals surface area (Å²) < 4.78 is 20.8. The molecule has 4 unspecified atom stereocenters. The van der Waals surface area contributed by atoms with Crippen LogP contribution < -0.4 is 31.1 Å². The van der Waals surface area contributed by atoms with E-state index in [4.69, 9.17) is 37.4 Å². The number of aryl methyl sites for hydroxylation is 2. The predicted octanol–water partition coefficient (Wildman–Crippen LogP) is 2.38. The van der Waals surface area contributed by atoms with Gasteiger partial charge in [-0.05, 0) is 11.6 Å². The van der Waals surface area contributed by atoms with Gasteiger partial charge >= 0.3 is 11.4 Å². The summed E-state index contributed by atoms with van der Waals surface area (Å²) in [4.78, 5) is 70.4. The predicted molar refractivity (Wildman–Crippen MR) is 189 cm³/mol. The van der Waals surface area contributed by atoms with E-state index in [1.54, 1.807) is 31.3 Å². The number of carbonyl (C=O) groups is 2. The molecule has 15 nitrogen and oxygen atoms in total. The fourth-order valence-electron chi connectivity index (χ4n) is 7.58. The fraction of sp³-hybridized carbons (Fsp3) is 0.394. The summed E-state index contributed by atoms with van der Waals surface area (Å²) in [5, 5.41) is 11.2. The number of benzene rings is 2. The average Bonchev–Trinajstić information content (AvgIpc) is 3.45. The van der Waals surface area contributed by atoms with Crippen LogP contribution in [0.25, 0.3) is 11.0 Å². The van der Waals surface area contributed by atoms with Crippen molar-refractivity contribution in [3.63, 3.8) is 0 Å². The molecule has 2 aromatic carbocycles. The zero-order valence-electron chi connectivity index (χ0n) is 27.7. The molecule has 4 atom stereocenters. The molecule has 0 bridgehead atoms. The van der Waals surface area contributed by atoms with E-state index in [2.05, 4.69) is 20.9 Å². The fourth-order valence-corrected chi connectivity index (χ4v) is 8.98. The standard InChI is InChI=1S/C33H31BrCl2N6O9/c1-38-21-13-25(51-4)24(50-3)12-20(21)37-19(27(38)44)8-9-39-30(47)41-10-7-17-22(42(41)31(39)48)14-32(35)28(45)40(15-34)29(46)33(32,36)26(17)18-6-5-16(49-2)11-23(18)43/h5-7,11-13,22,26,43H,8-10,14-15H2,1-4H3. The maximum atomic E-state index is 14.2. The second kappa shape index (κ2) is 12.3. The molecule has 51 heavy (non-hydrogen) atoms. The van der Waals surface area contributed by atoms with Crippen LogP contribution >= 0.6 is 39.1 Å². The molecule has 3 aliphatic rings. The molecular weight excluding hydrogens is 775 g/mol. The van der Waals surface area contributed by atoms with Gasteiger partial charge in [-0.2, -0.15) is 0 Å². The maximum Gasteiger partial charge on any atom is 0.347 e. The summed E-state index contributed by atoms with van der Waals surface area (Å²) in [5.41, 5.74) is -0.349. The number of alkyl halides is 3.